The Morgan fingerprint density at radius 1 is 1.33 bits per heavy atom. The van der Waals surface area contributed by atoms with Gasteiger partial charge >= 0.3 is 0 Å². The number of nitrogens with one attached hydrogen (secondary N) is 1. The van der Waals surface area contributed by atoms with Gasteiger partial charge in [0.1, 0.15) is 0 Å². The topological polar surface area (TPSA) is 76.9 Å². The molecule has 2 rings (SSSR count). The summed E-state index contributed by atoms with van der Waals surface area (Å²) >= 11 is 3.27. The molecular weight excluding hydrogens is 356 g/mol. The molecule has 0 saturated heterocycles. The van der Waals surface area contributed by atoms with E-state index in [2.05, 4.69) is 31.0 Å². The van der Waals surface area contributed by atoms with Crippen LogP contribution in [0.2, 0.25) is 0 Å². The molecule has 8 heteroatoms. The van der Waals surface area contributed by atoms with Gasteiger partial charge in [-0.15, -0.1) is 5.10 Å². The molecule has 0 bridgehead atoms. The predicted octanol–water partition coefficient (Wildman–Crippen LogP) is 2.04. The van der Waals surface area contributed by atoms with Crippen molar-refractivity contribution in [3.8, 4) is 0 Å². The van der Waals surface area contributed by atoms with E-state index in [4.69, 9.17) is 0 Å². The van der Waals surface area contributed by atoms with Gasteiger partial charge in [0.05, 0.1) is 17.6 Å². The molecule has 2 aromatic rings. The molecule has 0 aliphatic rings. The molecule has 6 nitrogen and oxygen atoms in total. The summed E-state index contributed by atoms with van der Waals surface area (Å²) in [6.07, 6.45) is 3.28. The SMILES string of the molecule is CC(C)[C@H](Cn1ccnn1)NS(=O)(=O)c1ccccc1Br. The first kappa shape index (κ1) is 16.1. The Labute approximate surface area is 132 Å². The number of aromatic nitrogens is 3. The van der Waals surface area contributed by atoms with E-state index in [1.54, 1.807) is 41.3 Å². The van der Waals surface area contributed by atoms with Crippen LogP contribution in [-0.2, 0) is 16.6 Å². The van der Waals surface area contributed by atoms with Gasteiger partial charge in [-0.25, -0.2) is 13.1 Å². The number of rotatable bonds is 6. The van der Waals surface area contributed by atoms with E-state index in [1.165, 1.54) is 0 Å². The fourth-order valence-electron chi connectivity index (χ4n) is 1.84. The van der Waals surface area contributed by atoms with Gasteiger partial charge in [-0.1, -0.05) is 31.2 Å². The van der Waals surface area contributed by atoms with Crippen molar-refractivity contribution in [2.75, 3.05) is 0 Å². The summed E-state index contributed by atoms with van der Waals surface area (Å²) in [5, 5.41) is 7.61. The average Bonchev–Trinajstić information content (AvgIpc) is 2.91. The van der Waals surface area contributed by atoms with Crippen LogP contribution in [0.25, 0.3) is 0 Å². The van der Waals surface area contributed by atoms with E-state index in [9.17, 15) is 8.42 Å². The Morgan fingerprint density at radius 2 is 2.05 bits per heavy atom. The zero-order valence-corrected chi connectivity index (χ0v) is 14.2. The Balaban J connectivity index is 2.22. The summed E-state index contributed by atoms with van der Waals surface area (Å²) in [5.74, 6) is 0.117. The van der Waals surface area contributed by atoms with Crippen LogP contribution >= 0.6 is 15.9 Å². The summed E-state index contributed by atoms with van der Waals surface area (Å²) in [6, 6.07) is 6.47. The third-order valence-electron chi connectivity index (χ3n) is 3.09. The Morgan fingerprint density at radius 3 is 2.62 bits per heavy atom. The smallest absolute Gasteiger partial charge is 0.242 e. The van der Waals surface area contributed by atoms with Gasteiger partial charge in [0, 0.05) is 16.7 Å². The lowest BCUT2D eigenvalue weighted by Gasteiger charge is -2.22. The fraction of sp³-hybridized carbons (Fsp3) is 0.385. The zero-order chi connectivity index (χ0) is 15.5. The van der Waals surface area contributed by atoms with E-state index in [0.717, 1.165) is 0 Å². The van der Waals surface area contributed by atoms with Gasteiger partial charge in [0.25, 0.3) is 0 Å². The minimum atomic E-state index is -3.60. The van der Waals surface area contributed by atoms with E-state index >= 15 is 0 Å². The molecule has 1 aromatic carbocycles. The largest absolute Gasteiger partial charge is 0.251 e. The Bertz CT molecular complexity index is 686. The van der Waals surface area contributed by atoms with Crippen LogP contribution in [0.1, 0.15) is 13.8 Å². The highest BCUT2D eigenvalue weighted by molar-refractivity contribution is 9.10. The van der Waals surface area contributed by atoms with Crippen molar-refractivity contribution >= 4 is 26.0 Å². The standard InChI is InChI=1S/C13H17BrN4O2S/c1-10(2)12(9-18-8-7-15-17-18)16-21(19,20)13-6-4-3-5-11(13)14/h3-8,10,12,16H,9H2,1-2H3/t12-/m0/s1. The van der Waals surface area contributed by atoms with Crippen LogP contribution in [0.3, 0.4) is 0 Å². The number of nitrogens with zero attached hydrogens (tertiary/aromatic N) is 3. The molecule has 0 aliphatic carbocycles. The molecule has 0 radical (unpaired) electrons. The number of hydrogen-bond donors (Lipinski definition) is 1. The van der Waals surface area contributed by atoms with Crippen molar-refractivity contribution in [1.29, 1.82) is 0 Å². The molecule has 1 N–H and O–H groups in total. The molecule has 0 saturated carbocycles. The van der Waals surface area contributed by atoms with Gasteiger partial charge in [0.15, 0.2) is 0 Å². The molecule has 0 fully saturated rings. The van der Waals surface area contributed by atoms with E-state index < -0.39 is 10.0 Å². The second-order valence-electron chi connectivity index (χ2n) is 5.03. The first-order valence-electron chi connectivity index (χ1n) is 6.51. The lowest BCUT2D eigenvalue weighted by Crippen LogP contribution is -2.41. The number of sulfonamides is 1. The lowest BCUT2D eigenvalue weighted by atomic mass is 10.1. The average molecular weight is 373 g/mol. The monoisotopic (exact) mass is 372 g/mol. The fourth-order valence-corrected chi connectivity index (χ4v) is 4.22. The van der Waals surface area contributed by atoms with Crippen molar-refractivity contribution < 1.29 is 8.42 Å². The third kappa shape index (κ3) is 4.12. The maximum atomic E-state index is 12.5. The minimum Gasteiger partial charge on any atom is -0.251 e. The first-order valence-corrected chi connectivity index (χ1v) is 8.78. The normalized spacial score (nSPS) is 13.5. The zero-order valence-electron chi connectivity index (χ0n) is 11.8. The van der Waals surface area contributed by atoms with E-state index in [1.807, 2.05) is 13.8 Å². The lowest BCUT2D eigenvalue weighted by molar-refractivity contribution is 0.378. The third-order valence-corrected chi connectivity index (χ3v) is 5.60. The minimum absolute atomic E-state index is 0.117. The highest BCUT2D eigenvalue weighted by atomic mass is 79.9. The number of benzene rings is 1. The molecule has 1 atom stereocenters. The molecule has 114 valence electrons. The summed E-state index contributed by atoms with van der Waals surface area (Å²) in [5.41, 5.74) is 0. The predicted molar refractivity (Wildman–Crippen MR) is 83.1 cm³/mol. The first-order chi connectivity index (χ1) is 9.90. The van der Waals surface area contributed by atoms with Crippen molar-refractivity contribution in [1.82, 2.24) is 19.7 Å². The summed E-state index contributed by atoms with van der Waals surface area (Å²) < 4.78 is 29.9. The van der Waals surface area contributed by atoms with Gasteiger partial charge in [-0.3, -0.25) is 4.68 Å². The molecule has 21 heavy (non-hydrogen) atoms. The van der Waals surface area contributed by atoms with Gasteiger partial charge < -0.3 is 0 Å². The highest BCUT2D eigenvalue weighted by Crippen LogP contribution is 2.22. The second kappa shape index (κ2) is 6.67. The van der Waals surface area contributed by atoms with Crippen molar-refractivity contribution in [2.45, 2.75) is 31.3 Å². The summed E-state index contributed by atoms with van der Waals surface area (Å²) in [4.78, 5) is 0.231. The molecular formula is C13H17BrN4O2S. The molecule has 0 amide bonds. The molecule has 1 heterocycles. The molecule has 1 aromatic heterocycles. The number of halogens is 1. The Kier molecular flexibility index (Phi) is 5.13. The van der Waals surface area contributed by atoms with Crippen molar-refractivity contribution in [2.24, 2.45) is 5.92 Å². The van der Waals surface area contributed by atoms with Gasteiger partial charge in [-0.2, -0.15) is 0 Å². The molecule has 0 aliphatic heterocycles. The van der Waals surface area contributed by atoms with Crippen molar-refractivity contribution in [3.05, 3.63) is 41.1 Å². The van der Waals surface area contributed by atoms with Crippen molar-refractivity contribution in [3.63, 3.8) is 0 Å². The van der Waals surface area contributed by atoms with Crippen LogP contribution < -0.4 is 4.72 Å². The van der Waals surface area contributed by atoms with Crippen LogP contribution in [0, 0.1) is 5.92 Å². The summed E-state index contributed by atoms with van der Waals surface area (Å²) in [6.45, 7) is 4.36. The summed E-state index contributed by atoms with van der Waals surface area (Å²) in [7, 11) is -3.60. The van der Waals surface area contributed by atoms with Crippen LogP contribution in [0.4, 0.5) is 0 Å². The maximum absolute atomic E-state index is 12.5. The van der Waals surface area contributed by atoms with Crippen LogP contribution in [0.15, 0.2) is 46.0 Å². The van der Waals surface area contributed by atoms with E-state index in [-0.39, 0.29) is 16.9 Å². The maximum Gasteiger partial charge on any atom is 0.242 e. The van der Waals surface area contributed by atoms with Crippen LogP contribution in [-0.4, -0.2) is 29.5 Å². The second-order valence-corrected chi connectivity index (χ2v) is 7.56. The van der Waals surface area contributed by atoms with E-state index in [0.29, 0.717) is 11.0 Å². The molecule has 0 unspecified atom stereocenters. The number of hydrogen-bond acceptors (Lipinski definition) is 4. The molecule has 0 spiro atoms. The van der Waals surface area contributed by atoms with Gasteiger partial charge in [-0.05, 0) is 34.0 Å². The van der Waals surface area contributed by atoms with Crippen LogP contribution in [0.5, 0.6) is 0 Å². The quantitative estimate of drug-likeness (QED) is 0.841. The highest BCUT2D eigenvalue weighted by Gasteiger charge is 2.24. The Hall–Kier alpha value is -1.25. The van der Waals surface area contributed by atoms with Gasteiger partial charge in [0.2, 0.25) is 10.0 Å².